The highest BCUT2D eigenvalue weighted by atomic mass is 32.2. The van der Waals surface area contributed by atoms with Crippen LogP contribution in [0.3, 0.4) is 0 Å². The molecule has 0 radical (unpaired) electrons. The molecule has 6 rings (SSSR count). The van der Waals surface area contributed by atoms with Gasteiger partial charge in [0.25, 0.3) is 0 Å². The van der Waals surface area contributed by atoms with Gasteiger partial charge in [-0.25, -0.2) is 9.48 Å². The summed E-state index contributed by atoms with van der Waals surface area (Å²) in [6.45, 7) is 5.56. The molecule has 5 N–H and O–H groups in total. The number of amides is 3. The van der Waals surface area contributed by atoms with E-state index in [1.165, 1.54) is 27.7 Å². The van der Waals surface area contributed by atoms with Crippen molar-refractivity contribution in [2.24, 2.45) is 17.8 Å². The van der Waals surface area contributed by atoms with Crippen molar-refractivity contribution in [1.29, 1.82) is 0 Å². The van der Waals surface area contributed by atoms with Gasteiger partial charge in [-0.15, -0.1) is 16.9 Å². The lowest BCUT2D eigenvalue weighted by Crippen LogP contribution is -2.66. The second-order valence-corrected chi connectivity index (χ2v) is 13.1. The van der Waals surface area contributed by atoms with E-state index in [0.29, 0.717) is 36.9 Å². The smallest absolute Gasteiger partial charge is 0.353 e. The van der Waals surface area contributed by atoms with E-state index in [2.05, 4.69) is 31.5 Å². The minimum absolute atomic E-state index is 0.00706. The van der Waals surface area contributed by atoms with Crippen LogP contribution in [-0.2, 0) is 25.7 Å². The molecule has 5 aliphatic rings. The number of rotatable bonds is 9. The van der Waals surface area contributed by atoms with Crippen LogP contribution in [0.4, 0.5) is 0 Å². The lowest BCUT2D eigenvalue weighted by molar-refractivity contribution is -0.158. The monoisotopic (exact) mass is 589 g/mol. The Hall–Kier alpha value is -3.08. The van der Waals surface area contributed by atoms with Crippen molar-refractivity contribution in [2.45, 2.75) is 68.7 Å². The second-order valence-electron chi connectivity index (χ2n) is 11.7. The first kappa shape index (κ1) is 28.1. The number of likely N-dealkylation sites (tertiary alicyclic amines) is 1. The summed E-state index contributed by atoms with van der Waals surface area (Å²) >= 11 is 1.44. The van der Waals surface area contributed by atoms with Crippen molar-refractivity contribution in [1.82, 2.24) is 46.0 Å². The second kappa shape index (κ2) is 11.0. The average molecular weight is 590 g/mol. The number of hydrogen-bond donors (Lipinski definition) is 5. The molecule has 3 unspecified atom stereocenters. The number of fused-ring (bicyclic) bond motifs is 2. The number of carbonyl (C=O) groups excluding carboxylic acids is 3. The van der Waals surface area contributed by atoms with Gasteiger partial charge in [0.05, 0.1) is 24.6 Å². The van der Waals surface area contributed by atoms with E-state index < -0.39 is 17.9 Å². The Morgan fingerprint density at radius 3 is 2.76 bits per heavy atom. The van der Waals surface area contributed by atoms with E-state index in [1.807, 2.05) is 11.8 Å². The van der Waals surface area contributed by atoms with Crippen LogP contribution in [0.1, 0.15) is 26.7 Å². The first-order valence-electron chi connectivity index (χ1n) is 14.0. The van der Waals surface area contributed by atoms with Gasteiger partial charge in [-0.3, -0.25) is 14.4 Å². The maximum absolute atomic E-state index is 13.3. The molecule has 9 atom stereocenters. The van der Waals surface area contributed by atoms with E-state index in [-0.39, 0.29) is 71.9 Å². The highest BCUT2D eigenvalue weighted by molar-refractivity contribution is 8.03. The lowest BCUT2D eigenvalue weighted by atomic mass is 9.78. The van der Waals surface area contributed by atoms with Crippen LogP contribution in [0.15, 0.2) is 16.9 Å². The summed E-state index contributed by atoms with van der Waals surface area (Å²) in [6, 6.07) is -0.900. The summed E-state index contributed by atoms with van der Waals surface area (Å²) in [5.74, 6) is -2.19. The molecule has 0 saturated carbocycles. The van der Waals surface area contributed by atoms with Crippen molar-refractivity contribution < 1.29 is 29.4 Å². The van der Waals surface area contributed by atoms with Crippen molar-refractivity contribution in [3.63, 3.8) is 0 Å². The van der Waals surface area contributed by atoms with Crippen LogP contribution in [-0.4, -0.2) is 126 Å². The zero-order chi connectivity index (χ0) is 29.0. The zero-order valence-electron chi connectivity index (χ0n) is 22.8. The maximum atomic E-state index is 13.3. The van der Waals surface area contributed by atoms with Gasteiger partial charge in [0.15, 0.2) is 0 Å². The first-order chi connectivity index (χ1) is 19.7. The summed E-state index contributed by atoms with van der Waals surface area (Å²) in [4.78, 5) is 55.2. The van der Waals surface area contributed by atoms with Gasteiger partial charge >= 0.3 is 5.97 Å². The number of thioether (sulfide) groups is 1. The highest BCUT2D eigenvalue weighted by Gasteiger charge is 2.60. The molecule has 222 valence electrons. The van der Waals surface area contributed by atoms with Crippen molar-refractivity contribution in [3.05, 3.63) is 16.9 Å². The summed E-state index contributed by atoms with van der Waals surface area (Å²) in [6.07, 6.45) is 2.75. The van der Waals surface area contributed by atoms with Crippen molar-refractivity contribution >= 4 is 35.5 Å². The Morgan fingerprint density at radius 1 is 1.27 bits per heavy atom. The number of hydrogen-bond acceptors (Lipinski definition) is 11. The number of carboxylic acids is 1. The number of aromatic nitrogens is 4. The minimum atomic E-state index is -1.15. The summed E-state index contributed by atoms with van der Waals surface area (Å²) in [5.41, 5.74) is 0.00706. The third-order valence-electron chi connectivity index (χ3n) is 9.11. The average Bonchev–Trinajstić information content (AvgIpc) is 3.73. The zero-order valence-corrected chi connectivity index (χ0v) is 23.7. The summed E-state index contributed by atoms with van der Waals surface area (Å²) in [5, 5.41) is 39.7. The molecule has 0 aromatic carbocycles. The number of aliphatic hydroxyl groups is 1. The van der Waals surface area contributed by atoms with Gasteiger partial charge in [0.1, 0.15) is 18.6 Å². The quantitative estimate of drug-likeness (QED) is 0.192. The Labute approximate surface area is 240 Å². The van der Waals surface area contributed by atoms with E-state index in [9.17, 15) is 29.4 Å². The predicted molar refractivity (Wildman–Crippen MR) is 144 cm³/mol. The van der Waals surface area contributed by atoms with Crippen LogP contribution < -0.4 is 16.0 Å². The van der Waals surface area contributed by atoms with E-state index in [1.54, 1.807) is 6.92 Å². The molecule has 15 nitrogen and oxygen atoms in total. The predicted octanol–water partition coefficient (Wildman–Crippen LogP) is -2.40. The molecule has 4 fully saturated rings. The fourth-order valence-corrected chi connectivity index (χ4v) is 8.69. The lowest BCUT2D eigenvalue weighted by Gasteiger charge is -2.47. The third kappa shape index (κ3) is 5.00. The van der Waals surface area contributed by atoms with Gasteiger partial charge in [-0.1, -0.05) is 6.92 Å². The van der Waals surface area contributed by atoms with Crippen LogP contribution in [0.25, 0.3) is 0 Å². The molecule has 1 aromatic rings. The van der Waals surface area contributed by atoms with Gasteiger partial charge in [-0.05, 0) is 36.1 Å². The number of tetrazole rings is 1. The molecular formula is C25H35N9O6S. The van der Waals surface area contributed by atoms with Crippen LogP contribution in [0.2, 0.25) is 0 Å². The van der Waals surface area contributed by atoms with Gasteiger partial charge in [0.2, 0.25) is 17.7 Å². The molecule has 0 bridgehead atoms. The van der Waals surface area contributed by atoms with Crippen LogP contribution >= 0.6 is 11.8 Å². The molecule has 0 aliphatic carbocycles. The Morgan fingerprint density at radius 2 is 2.07 bits per heavy atom. The maximum Gasteiger partial charge on any atom is 0.353 e. The largest absolute Gasteiger partial charge is 0.477 e. The van der Waals surface area contributed by atoms with Crippen LogP contribution in [0, 0.1) is 17.8 Å². The van der Waals surface area contributed by atoms with E-state index in [4.69, 9.17) is 0 Å². The molecule has 0 spiro atoms. The Bertz CT molecular complexity index is 1250. The molecule has 16 heteroatoms. The fraction of sp³-hybridized carbons (Fsp3) is 0.720. The van der Waals surface area contributed by atoms with Gasteiger partial charge in [0, 0.05) is 53.8 Å². The molecule has 6 heterocycles. The standard InChI is InChI=1S/C25H35N9O6S/c1-11-20-19(12(2)28-18(36)8-33-10-27-30-31-33)24(38)34(20)21(25(39)40)22(11)41-15-4-16(26-5-15)23(37)32-6-13-3-14(9-35)29-17(13)7-32/h10-17,19-20,26,29,35H,3-9H2,1-2H3,(H,28,36)(H,39,40)/t11-,12-,13?,14?,15+,16+,17?,19-,20-/m1/s1. The number of nitrogens with zero attached hydrogens (tertiary/aromatic N) is 6. The Balaban J connectivity index is 1.07. The van der Waals surface area contributed by atoms with Crippen molar-refractivity contribution in [2.75, 3.05) is 26.2 Å². The summed E-state index contributed by atoms with van der Waals surface area (Å²) < 4.78 is 1.28. The number of nitrogens with one attached hydrogen (secondary N) is 3. The van der Waals surface area contributed by atoms with Crippen LogP contribution in [0.5, 0.6) is 0 Å². The normalized spacial score (nSPS) is 35.0. The molecule has 5 aliphatic heterocycles. The SMILES string of the molecule is C[C@@H](NC(=O)Cn1cnnn1)[C@H]1C(=O)N2C(C(=O)O)=C(S[C@@H]3CN[C@H](C(=O)N4CC5CC(CO)NC5C4)C3)[C@H](C)[C@H]12. The Kier molecular flexibility index (Phi) is 7.50. The number of aliphatic carboxylic acids is 1. The molecule has 3 amide bonds. The van der Waals surface area contributed by atoms with Crippen molar-refractivity contribution in [3.8, 4) is 0 Å². The third-order valence-corrected chi connectivity index (χ3v) is 10.6. The number of β-lactam (4-membered cyclic amide) rings is 1. The van der Waals surface area contributed by atoms with E-state index in [0.717, 1.165) is 6.42 Å². The molecule has 41 heavy (non-hydrogen) atoms. The molecule has 1 aromatic heterocycles. The van der Waals surface area contributed by atoms with Gasteiger partial charge in [-0.2, -0.15) is 0 Å². The molecular weight excluding hydrogens is 554 g/mol. The highest BCUT2D eigenvalue weighted by Crippen LogP contribution is 2.52. The molecule has 4 saturated heterocycles. The number of carbonyl (C=O) groups is 4. The van der Waals surface area contributed by atoms with Gasteiger partial charge < -0.3 is 36.0 Å². The minimum Gasteiger partial charge on any atom is -0.477 e. The first-order valence-corrected chi connectivity index (χ1v) is 14.9. The number of carboxylic acid groups (broad SMARTS) is 1. The topological polar surface area (TPSA) is 195 Å². The van der Waals surface area contributed by atoms with E-state index >= 15 is 0 Å². The number of aliphatic hydroxyl groups excluding tert-OH is 1. The summed E-state index contributed by atoms with van der Waals surface area (Å²) in [7, 11) is 0. The fourth-order valence-electron chi connectivity index (χ4n) is 7.21.